The number of halogens is 1. The van der Waals surface area contributed by atoms with Crippen molar-refractivity contribution in [2.75, 3.05) is 0 Å². The standard InChI is InChI=1S/C7H6FN3OS/c8-6-2-3-5(13-6)1-4(10-3)7(12)11-9/h1-2,10H,9H2,(H,11,12). The van der Waals surface area contributed by atoms with Gasteiger partial charge in [-0.05, 0) is 6.07 Å². The molecule has 0 atom stereocenters. The molecule has 68 valence electrons. The first-order valence-corrected chi connectivity index (χ1v) is 4.31. The number of H-pyrrole nitrogens is 1. The third kappa shape index (κ3) is 1.30. The minimum absolute atomic E-state index is 0.277. The maximum atomic E-state index is 12.6. The Morgan fingerprint density at radius 2 is 2.38 bits per heavy atom. The van der Waals surface area contributed by atoms with Crippen molar-refractivity contribution in [2.45, 2.75) is 0 Å². The smallest absolute Gasteiger partial charge is 0.281 e. The first kappa shape index (κ1) is 8.21. The van der Waals surface area contributed by atoms with Gasteiger partial charge in [0.15, 0.2) is 5.13 Å². The maximum Gasteiger partial charge on any atom is 0.281 e. The van der Waals surface area contributed by atoms with Crippen molar-refractivity contribution in [2.24, 2.45) is 5.84 Å². The Bertz CT molecular complexity index is 430. The maximum absolute atomic E-state index is 12.6. The van der Waals surface area contributed by atoms with E-state index in [-0.39, 0.29) is 5.13 Å². The lowest BCUT2D eigenvalue weighted by Gasteiger charge is -1.92. The van der Waals surface area contributed by atoms with Gasteiger partial charge in [-0.3, -0.25) is 10.2 Å². The average molecular weight is 199 g/mol. The molecular weight excluding hydrogens is 193 g/mol. The van der Waals surface area contributed by atoms with Crippen LogP contribution in [0.15, 0.2) is 12.1 Å². The van der Waals surface area contributed by atoms with E-state index in [2.05, 4.69) is 4.98 Å². The van der Waals surface area contributed by atoms with Crippen LogP contribution in [0.25, 0.3) is 10.2 Å². The predicted molar refractivity (Wildman–Crippen MR) is 47.8 cm³/mol. The fraction of sp³-hybridized carbons (Fsp3) is 0. The highest BCUT2D eigenvalue weighted by Crippen LogP contribution is 2.24. The van der Waals surface area contributed by atoms with Gasteiger partial charge in [-0.2, -0.15) is 4.39 Å². The van der Waals surface area contributed by atoms with Crippen LogP contribution in [0.3, 0.4) is 0 Å². The number of carbonyl (C=O) groups is 1. The lowest BCUT2D eigenvalue weighted by Crippen LogP contribution is -2.30. The molecule has 4 N–H and O–H groups in total. The van der Waals surface area contributed by atoms with E-state index in [4.69, 9.17) is 5.84 Å². The van der Waals surface area contributed by atoms with Gasteiger partial charge in [0.05, 0.1) is 10.2 Å². The average Bonchev–Trinajstić information content (AvgIpc) is 2.59. The second-order valence-corrected chi connectivity index (χ2v) is 3.52. The van der Waals surface area contributed by atoms with Crippen molar-refractivity contribution in [3.8, 4) is 0 Å². The molecule has 0 unspecified atom stereocenters. The molecule has 6 heteroatoms. The van der Waals surface area contributed by atoms with E-state index in [0.717, 1.165) is 11.3 Å². The van der Waals surface area contributed by atoms with Crippen LogP contribution in [0.4, 0.5) is 4.39 Å². The Kier molecular flexibility index (Phi) is 1.78. The predicted octanol–water partition coefficient (Wildman–Crippen LogP) is 0.972. The van der Waals surface area contributed by atoms with Crippen molar-refractivity contribution >= 4 is 27.5 Å². The van der Waals surface area contributed by atoms with E-state index < -0.39 is 5.91 Å². The first-order chi connectivity index (χ1) is 6.20. The van der Waals surface area contributed by atoms with Gasteiger partial charge in [0.1, 0.15) is 5.69 Å². The van der Waals surface area contributed by atoms with Crippen LogP contribution in [-0.4, -0.2) is 10.9 Å². The van der Waals surface area contributed by atoms with Gasteiger partial charge in [0.2, 0.25) is 0 Å². The fourth-order valence-electron chi connectivity index (χ4n) is 1.09. The van der Waals surface area contributed by atoms with Crippen LogP contribution in [0.2, 0.25) is 0 Å². The third-order valence-corrected chi connectivity index (χ3v) is 2.52. The van der Waals surface area contributed by atoms with Gasteiger partial charge < -0.3 is 4.98 Å². The molecule has 2 rings (SSSR count). The van der Waals surface area contributed by atoms with Crippen LogP contribution in [0.1, 0.15) is 10.5 Å². The summed E-state index contributed by atoms with van der Waals surface area (Å²) < 4.78 is 13.3. The number of nitrogens with two attached hydrogens (primary N) is 1. The topological polar surface area (TPSA) is 70.9 Å². The molecule has 4 nitrogen and oxygen atoms in total. The number of nitrogen functional groups attached to an aromatic ring is 1. The summed E-state index contributed by atoms with van der Waals surface area (Å²) in [4.78, 5) is 13.8. The highest BCUT2D eigenvalue weighted by molar-refractivity contribution is 7.17. The van der Waals surface area contributed by atoms with Crippen LogP contribution in [0, 0.1) is 5.13 Å². The third-order valence-electron chi connectivity index (χ3n) is 1.65. The number of hydrogen-bond acceptors (Lipinski definition) is 3. The van der Waals surface area contributed by atoms with E-state index in [1.807, 2.05) is 5.43 Å². The molecule has 2 heterocycles. The molecule has 0 aliphatic heterocycles. The van der Waals surface area contributed by atoms with Crippen molar-refractivity contribution in [1.82, 2.24) is 10.4 Å². The number of rotatable bonds is 1. The lowest BCUT2D eigenvalue weighted by atomic mass is 10.4. The molecule has 0 bridgehead atoms. The van der Waals surface area contributed by atoms with Crippen LogP contribution in [0.5, 0.6) is 0 Å². The highest BCUT2D eigenvalue weighted by atomic mass is 32.1. The second-order valence-electron chi connectivity index (χ2n) is 2.48. The van der Waals surface area contributed by atoms with E-state index >= 15 is 0 Å². The van der Waals surface area contributed by atoms with Crippen LogP contribution in [-0.2, 0) is 0 Å². The van der Waals surface area contributed by atoms with Gasteiger partial charge in [-0.25, -0.2) is 5.84 Å². The first-order valence-electron chi connectivity index (χ1n) is 3.49. The molecule has 13 heavy (non-hydrogen) atoms. The zero-order valence-electron chi connectivity index (χ0n) is 6.43. The molecule has 0 radical (unpaired) electrons. The minimum atomic E-state index is -0.413. The highest BCUT2D eigenvalue weighted by Gasteiger charge is 2.10. The SMILES string of the molecule is NNC(=O)c1cc2sc(F)cc2[nH]1. The Morgan fingerprint density at radius 3 is 3.00 bits per heavy atom. The Morgan fingerprint density at radius 1 is 1.62 bits per heavy atom. The Hall–Kier alpha value is -1.40. The molecule has 0 saturated heterocycles. The summed E-state index contributed by atoms with van der Waals surface area (Å²) in [6.45, 7) is 0. The van der Waals surface area contributed by atoms with Gasteiger partial charge in [0, 0.05) is 6.07 Å². The number of amides is 1. The molecule has 0 aliphatic carbocycles. The minimum Gasteiger partial charge on any atom is -0.350 e. The zero-order valence-corrected chi connectivity index (χ0v) is 7.24. The molecule has 0 aliphatic rings. The van der Waals surface area contributed by atoms with Crippen LogP contribution >= 0.6 is 11.3 Å². The fourth-order valence-corrected chi connectivity index (χ4v) is 1.87. The molecule has 0 aromatic carbocycles. The normalized spacial score (nSPS) is 10.6. The largest absolute Gasteiger partial charge is 0.350 e. The summed E-state index contributed by atoms with van der Waals surface area (Å²) >= 11 is 0.982. The van der Waals surface area contributed by atoms with E-state index in [0.29, 0.717) is 15.9 Å². The lowest BCUT2D eigenvalue weighted by molar-refractivity contribution is 0.0949. The zero-order chi connectivity index (χ0) is 9.42. The molecule has 0 spiro atoms. The van der Waals surface area contributed by atoms with Crippen molar-refractivity contribution < 1.29 is 9.18 Å². The number of aromatic amines is 1. The van der Waals surface area contributed by atoms with Gasteiger partial charge in [0.25, 0.3) is 5.91 Å². The van der Waals surface area contributed by atoms with Crippen LogP contribution < -0.4 is 11.3 Å². The summed E-state index contributed by atoms with van der Waals surface area (Å²) in [7, 11) is 0. The number of carbonyl (C=O) groups excluding carboxylic acids is 1. The molecule has 2 aromatic heterocycles. The number of hydrogen-bond donors (Lipinski definition) is 3. The number of thiophene rings is 1. The molecule has 1 amide bonds. The summed E-state index contributed by atoms with van der Waals surface area (Å²) in [5.41, 5.74) is 2.94. The van der Waals surface area contributed by atoms with Crippen molar-refractivity contribution in [3.63, 3.8) is 0 Å². The van der Waals surface area contributed by atoms with E-state index in [1.165, 1.54) is 6.07 Å². The Labute approximate surface area is 76.5 Å². The number of aromatic nitrogens is 1. The van der Waals surface area contributed by atoms with E-state index in [9.17, 15) is 9.18 Å². The van der Waals surface area contributed by atoms with Crippen molar-refractivity contribution in [1.29, 1.82) is 0 Å². The van der Waals surface area contributed by atoms with Crippen molar-refractivity contribution in [3.05, 3.63) is 23.0 Å². The van der Waals surface area contributed by atoms with E-state index in [1.54, 1.807) is 6.07 Å². The summed E-state index contributed by atoms with van der Waals surface area (Å²) in [5, 5.41) is -0.277. The summed E-state index contributed by atoms with van der Waals surface area (Å²) in [5.74, 6) is 4.52. The molecular formula is C7H6FN3OS. The molecule has 0 saturated carbocycles. The van der Waals surface area contributed by atoms with Gasteiger partial charge >= 0.3 is 0 Å². The summed E-state index contributed by atoms with van der Waals surface area (Å²) in [6.07, 6.45) is 0. The second kappa shape index (κ2) is 2.82. The van der Waals surface area contributed by atoms with Gasteiger partial charge in [-0.1, -0.05) is 0 Å². The summed E-state index contributed by atoms with van der Waals surface area (Å²) in [6, 6.07) is 2.90. The molecule has 2 aromatic rings. The monoisotopic (exact) mass is 199 g/mol. The number of fused-ring (bicyclic) bond motifs is 1. The number of hydrazine groups is 1. The molecule has 0 fully saturated rings. The van der Waals surface area contributed by atoms with Gasteiger partial charge in [-0.15, -0.1) is 11.3 Å². The number of nitrogens with one attached hydrogen (secondary N) is 2. The Balaban J connectivity index is 2.51. The quantitative estimate of drug-likeness (QED) is 0.364.